The highest BCUT2D eigenvalue weighted by molar-refractivity contribution is 4.79. The number of nitrogens with two attached hydrogens (primary N) is 1. The molecular formula is C41H85NO2. The van der Waals surface area contributed by atoms with Gasteiger partial charge in [0, 0.05) is 6.61 Å². The molecule has 0 aromatic rings. The monoisotopic (exact) mass is 624 g/mol. The van der Waals surface area contributed by atoms with E-state index >= 15 is 0 Å². The summed E-state index contributed by atoms with van der Waals surface area (Å²) in [5.74, 6) is 2.23. The van der Waals surface area contributed by atoms with E-state index in [2.05, 4.69) is 62.3 Å². The van der Waals surface area contributed by atoms with Gasteiger partial charge in [-0.1, -0.05) is 169 Å². The smallest absolute Gasteiger partial charge is 0.114 e. The zero-order valence-electron chi connectivity index (χ0n) is 32.1. The Kier molecular flexibility index (Phi) is 27.9. The van der Waals surface area contributed by atoms with Gasteiger partial charge in [0.15, 0.2) is 0 Å². The minimum atomic E-state index is -0.606. The third-order valence-electron chi connectivity index (χ3n) is 9.88. The summed E-state index contributed by atoms with van der Waals surface area (Å²) < 4.78 is 13.0. The first kappa shape index (κ1) is 43.9. The molecule has 0 spiro atoms. The van der Waals surface area contributed by atoms with Crippen LogP contribution in [0.1, 0.15) is 223 Å². The summed E-state index contributed by atoms with van der Waals surface area (Å²) in [5.41, 5.74) is 5.94. The van der Waals surface area contributed by atoms with Crippen molar-refractivity contribution in [3.8, 4) is 0 Å². The molecule has 0 amide bonds. The quantitative estimate of drug-likeness (QED) is 0.0584. The first-order valence-corrected chi connectivity index (χ1v) is 20.1. The van der Waals surface area contributed by atoms with Crippen molar-refractivity contribution in [3.63, 3.8) is 0 Å². The average Bonchev–Trinajstić information content (AvgIpc) is 2.94. The lowest BCUT2D eigenvalue weighted by molar-refractivity contribution is -0.149. The minimum absolute atomic E-state index is 0.290. The van der Waals surface area contributed by atoms with E-state index in [9.17, 15) is 0 Å². The number of ether oxygens (including phenoxy) is 2. The van der Waals surface area contributed by atoms with Crippen LogP contribution in [0.2, 0.25) is 0 Å². The molecule has 0 rings (SSSR count). The summed E-state index contributed by atoms with van der Waals surface area (Å²) in [7, 11) is 0. The Bertz CT molecular complexity index is 591. The maximum absolute atomic E-state index is 6.84. The topological polar surface area (TPSA) is 44.5 Å². The van der Waals surface area contributed by atoms with E-state index in [0.717, 1.165) is 31.3 Å². The Labute approximate surface area is 279 Å². The van der Waals surface area contributed by atoms with Gasteiger partial charge < -0.3 is 15.2 Å². The highest BCUT2D eigenvalue weighted by Crippen LogP contribution is 2.32. The molecule has 0 bridgehead atoms. The largest absolute Gasteiger partial charge is 0.378 e. The first-order chi connectivity index (χ1) is 21.0. The Morgan fingerprint density at radius 2 is 0.932 bits per heavy atom. The van der Waals surface area contributed by atoms with Gasteiger partial charge in [-0.25, -0.2) is 0 Å². The van der Waals surface area contributed by atoms with E-state index in [1.54, 1.807) is 0 Å². The Hall–Kier alpha value is -0.120. The fourth-order valence-electron chi connectivity index (χ4n) is 7.49. The van der Waals surface area contributed by atoms with Crippen molar-refractivity contribution in [2.75, 3.05) is 6.61 Å². The predicted molar refractivity (Wildman–Crippen MR) is 197 cm³/mol. The van der Waals surface area contributed by atoms with Gasteiger partial charge in [-0.3, -0.25) is 0 Å². The molecule has 0 heterocycles. The van der Waals surface area contributed by atoms with E-state index in [1.807, 2.05) is 0 Å². The molecule has 0 radical (unpaired) electrons. The molecule has 2 N–H and O–H groups in total. The van der Waals surface area contributed by atoms with Crippen LogP contribution in [0.4, 0.5) is 0 Å². The van der Waals surface area contributed by atoms with Crippen LogP contribution >= 0.6 is 0 Å². The van der Waals surface area contributed by atoms with Crippen LogP contribution in [0.15, 0.2) is 0 Å². The van der Waals surface area contributed by atoms with Gasteiger partial charge in [0.25, 0.3) is 0 Å². The van der Waals surface area contributed by atoms with Crippen molar-refractivity contribution in [2.45, 2.75) is 240 Å². The zero-order chi connectivity index (χ0) is 33.1. The summed E-state index contributed by atoms with van der Waals surface area (Å²) in [5, 5.41) is 0. The summed E-state index contributed by atoms with van der Waals surface area (Å²) in [4.78, 5) is 0. The average molecular weight is 624 g/mol. The lowest BCUT2D eigenvalue weighted by Gasteiger charge is -2.38. The third kappa shape index (κ3) is 27.0. The van der Waals surface area contributed by atoms with Crippen LogP contribution in [0.3, 0.4) is 0 Å². The van der Waals surface area contributed by atoms with Crippen LogP contribution in [0.25, 0.3) is 0 Å². The van der Waals surface area contributed by atoms with Gasteiger partial charge in [-0.05, 0) is 71.1 Å². The molecule has 0 aromatic carbocycles. The van der Waals surface area contributed by atoms with Crippen molar-refractivity contribution in [1.82, 2.24) is 0 Å². The Morgan fingerprint density at radius 1 is 0.545 bits per heavy atom. The van der Waals surface area contributed by atoms with Crippen LogP contribution in [-0.4, -0.2) is 24.0 Å². The Morgan fingerprint density at radius 3 is 1.36 bits per heavy atom. The second-order valence-electron chi connectivity index (χ2n) is 15.9. The van der Waals surface area contributed by atoms with Crippen LogP contribution in [0, 0.1) is 17.8 Å². The number of hydrogen-bond donors (Lipinski definition) is 1. The molecular weight excluding hydrogens is 538 g/mol. The molecule has 3 nitrogen and oxygen atoms in total. The fraction of sp³-hybridized carbons (Fsp3) is 1.00. The summed E-state index contributed by atoms with van der Waals surface area (Å²) in [6.45, 7) is 21.2. The summed E-state index contributed by atoms with van der Waals surface area (Å²) >= 11 is 0. The van der Waals surface area contributed by atoms with Crippen LogP contribution in [-0.2, 0) is 9.47 Å². The van der Waals surface area contributed by atoms with Gasteiger partial charge in [-0.15, -0.1) is 0 Å². The molecule has 0 saturated heterocycles. The van der Waals surface area contributed by atoms with E-state index in [1.165, 1.54) is 148 Å². The molecule has 3 heteroatoms. The van der Waals surface area contributed by atoms with Gasteiger partial charge in [-0.2, -0.15) is 0 Å². The molecule has 0 fully saturated rings. The highest BCUT2D eigenvalue weighted by atomic mass is 16.5. The number of hydrogen-bond acceptors (Lipinski definition) is 3. The predicted octanol–water partition coefficient (Wildman–Crippen LogP) is 13.6. The van der Waals surface area contributed by atoms with E-state index in [4.69, 9.17) is 15.2 Å². The zero-order valence-corrected chi connectivity index (χ0v) is 32.1. The van der Waals surface area contributed by atoms with Gasteiger partial charge >= 0.3 is 0 Å². The van der Waals surface area contributed by atoms with Crippen LogP contribution < -0.4 is 5.73 Å². The summed E-state index contributed by atoms with van der Waals surface area (Å²) in [6, 6.07) is 0. The fourth-order valence-corrected chi connectivity index (χ4v) is 7.49. The molecule has 4 unspecified atom stereocenters. The van der Waals surface area contributed by atoms with Gasteiger partial charge in [0.2, 0.25) is 0 Å². The van der Waals surface area contributed by atoms with Crippen molar-refractivity contribution >= 4 is 0 Å². The standard InChI is InChI=1S/C41H85NO2/c1-10-14-18-22-26-30-39(29-25-21-17-13-4)34-37(6)43-32-31-40(7,8)44-41(9,42)35-36(5)33-38(27-23-19-15-11-2)28-24-20-16-12-3/h36-39H,10-35,42H2,1-9H3. The second-order valence-corrected chi connectivity index (χ2v) is 15.9. The summed E-state index contributed by atoms with van der Waals surface area (Å²) in [6.07, 6.45) is 33.4. The van der Waals surface area contributed by atoms with Crippen molar-refractivity contribution < 1.29 is 9.47 Å². The SMILES string of the molecule is CCCCCCCC(CCCCCC)CC(C)OCCC(C)(C)OC(C)(N)CC(C)CC(CCCCCC)CCCCCC. The second kappa shape index (κ2) is 27.9. The van der Waals surface area contributed by atoms with Gasteiger partial charge in [0.1, 0.15) is 5.72 Å². The van der Waals surface area contributed by atoms with Gasteiger partial charge in [0.05, 0.1) is 11.7 Å². The molecule has 4 atom stereocenters. The molecule has 0 aromatic heterocycles. The molecule has 44 heavy (non-hydrogen) atoms. The first-order valence-electron chi connectivity index (χ1n) is 20.1. The van der Waals surface area contributed by atoms with Crippen molar-refractivity contribution in [2.24, 2.45) is 23.5 Å². The van der Waals surface area contributed by atoms with Crippen molar-refractivity contribution in [3.05, 3.63) is 0 Å². The lowest BCUT2D eigenvalue weighted by atomic mass is 9.84. The lowest BCUT2D eigenvalue weighted by Crippen LogP contribution is -2.48. The molecule has 0 aliphatic rings. The minimum Gasteiger partial charge on any atom is -0.378 e. The third-order valence-corrected chi connectivity index (χ3v) is 9.88. The molecule has 0 aliphatic heterocycles. The molecule has 0 saturated carbocycles. The highest BCUT2D eigenvalue weighted by Gasteiger charge is 2.32. The maximum Gasteiger partial charge on any atom is 0.114 e. The van der Waals surface area contributed by atoms with E-state index in [0.29, 0.717) is 12.0 Å². The van der Waals surface area contributed by atoms with E-state index in [-0.39, 0.29) is 5.60 Å². The van der Waals surface area contributed by atoms with Crippen LogP contribution in [0.5, 0.6) is 0 Å². The van der Waals surface area contributed by atoms with Crippen molar-refractivity contribution in [1.29, 1.82) is 0 Å². The molecule has 266 valence electrons. The molecule has 0 aliphatic carbocycles. The normalized spacial score (nSPS) is 15.9. The Balaban J connectivity index is 4.72. The van der Waals surface area contributed by atoms with E-state index < -0.39 is 5.72 Å². The number of unbranched alkanes of at least 4 members (excludes halogenated alkanes) is 13. The maximum atomic E-state index is 6.84. The number of rotatable bonds is 33.